The molecule has 0 radical (unpaired) electrons. The van der Waals surface area contributed by atoms with E-state index in [-0.39, 0.29) is 24.4 Å². The van der Waals surface area contributed by atoms with Crippen LogP contribution in [0.5, 0.6) is 0 Å². The number of rotatable bonds is 4. The van der Waals surface area contributed by atoms with Gasteiger partial charge in [-0.1, -0.05) is 30.9 Å². The summed E-state index contributed by atoms with van der Waals surface area (Å²) in [5, 5.41) is 22.1. The minimum Gasteiger partial charge on any atom is -0.394 e. The maximum atomic E-state index is 13.0. The molecular weight excluding hydrogens is 369 g/mol. The molecule has 0 unspecified atom stereocenters. The SMILES string of the molecule is CCCNC(=O)N1[C@@H](C#N)[C@H](c2ccc(C#Cc3ccc(F)cc3)cc2)[C@@H]1CO. The maximum Gasteiger partial charge on any atom is 0.318 e. The topological polar surface area (TPSA) is 76.4 Å². The van der Waals surface area contributed by atoms with Crippen molar-refractivity contribution in [3.8, 4) is 17.9 Å². The first-order valence-electron chi connectivity index (χ1n) is 9.53. The number of carbonyl (C=O) groups is 1. The summed E-state index contributed by atoms with van der Waals surface area (Å²) >= 11 is 0. The van der Waals surface area contributed by atoms with Gasteiger partial charge in [0, 0.05) is 23.6 Å². The molecule has 6 heteroatoms. The van der Waals surface area contributed by atoms with Crippen LogP contribution in [0.3, 0.4) is 0 Å². The number of urea groups is 1. The zero-order chi connectivity index (χ0) is 20.8. The molecule has 5 nitrogen and oxygen atoms in total. The molecule has 0 aliphatic carbocycles. The normalized spacial score (nSPS) is 20.1. The molecule has 1 fully saturated rings. The highest BCUT2D eigenvalue weighted by atomic mass is 19.1. The lowest BCUT2D eigenvalue weighted by molar-refractivity contribution is 0.0169. The fraction of sp³-hybridized carbons (Fsp3) is 0.304. The van der Waals surface area contributed by atoms with Crippen molar-refractivity contribution in [3.05, 3.63) is 71.0 Å². The molecule has 1 saturated heterocycles. The first-order chi connectivity index (χ1) is 14.1. The van der Waals surface area contributed by atoms with Crippen LogP contribution in [0, 0.1) is 29.0 Å². The lowest BCUT2D eigenvalue weighted by Crippen LogP contribution is -2.67. The molecule has 0 spiro atoms. The van der Waals surface area contributed by atoms with Crippen LogP contribution in [0.15, 0.2) is 48.5 Å². The summed E-state index contributed by atoms with van der Waals surface area (Å²) in [7, 11) is 0. The second-order valence-corrected chi connectivity index (χ2v) is 6.87. The van der Waals surface area contributed by atoms with Gasteiger partial charge >= 0.3 is 6.03 Å². The van der Waals surface area contributed by atoms with Crippen LogP contribution in [0.1, 0.15) is 36.0 Å². The number of benzene rings is 2. The van der Waals surface area contributed by atoms with Crippen molar-refractivity contribution in [2.24, 2.45) is 0 Å². The lowest BCUT2D eigenvalue weighted by atomic mass is 9.76. The predicted octanol–water partition coefficient (Wildman–Crippen LogP) is 3.00. The molecule has 3 atom stereocenters. The van der Waals surface area contributed by atoms with Gasteiger partial charge in [-0.15, -0.1) is 0 Å². The first kappa shape index (κ1) is 20.4. The molecule has 1 aliphatic heterocycles. The van der Waals surface area contributed by atoms with Crippen molar-refractivity contribution in [3.63, 3.8) is 0 Å². The monoisotopic (exact) mass is 391 g/mol. The Labute approximate surface area is 169 Å². The molecule has 2 aromatic rings. The van der Waals surface area contributed by atoms with E-state index in [0.29, 0.717) is 12.1 Å². The molecule has 0 bridgehead atoms. The van der Waals surface area contributed by atoms with Crippen molar-refractivity contribution < 1.29 is 14.3 Å². The van der Waals surface area contributed by atoms with Crippen LogP contribution in [-0.4, -0.2) is 41.3 Å². The molecule has 2 aromatic carbocycles. The maximum absolute atomic E-state index is 13.0. The van der Waals surface area contributed by atoms with E-state index in [1.54, 1.807) is 12.1 Å². The Morgan fingerprint density at radius 3 is 2.24 bits per heavy atom. The van der Waals surface area contributed by atoms with E-state index in [9.17, 15) is 19.6 Å². The Balaban J connectivity index is 1.74. The van der Waals surface area contributed by atoms with Gasteiger partial charge in [-0.3, -0.25) is 0 Å². The van der Waals surface area contributed by atoms with Gasteiger partial charge in [0.25, 0.3) is 0 Å². The van der Waals surface area contributed by atoms with Crippen molar-refractivity contribution in [2.75, 3.05) is 13.2 Å². The summed E-state index contributed by atoms with van der Waals surface area (Å²) in [4.78, 5) is 13.7. The van der Waals surface area contributed by atoms with E-state index in [1.807, 2.05) is 31.2 Å². The van der Waals surface area contributed by atoms with Crippen LogP contribution < -0.4 is 5.32 Å². The van der Waals surface area contributed by atoms with Crippen LogP contribution in [-0.2, 0) is 0 Å². The molecular formula is C23H22FN3O2. The Kier molecular flexibility index (Phi) is 6.49. The van der Waals surface area contributed by atoms with E-state index in [1.165, 1.54) is 17.0 Å². The van der Waals surface area contributed by atoms with Gasteiger partial charge in [0.2, 0.25) is 0 Å². The van der Waals surface area contributed by atoms with E-state index < -0.39 is 12.1 Å². The van der Waals surface area contributed by atoms with Crippen molar-refractivity contribution in [1.82, 2.24) is 10.2 Å². The summed E-state index contributed by atoms with van der Waals surface area (Å²) in [6.07, 6.45) is 0.796. The average Bonchev–Trinajstić information content (AvgIpc) is 2.72. The number of aliphatic hydroxyl groups is 1. The number of amides is 2. The van der Waals surface area contributed by atoms with E-state index >= 15 is 0 Å². The zero-order valence-electron chi connectivity index (χ0n) is 16.1. The van der Waals surface area contributed by atoms with Gasteiger partial charge in [-0.2, -0.15) is 5.26 Å². The van der Waals surface area contributed by atoms with Crippen LogP contribution in [0.2, 0.25) is 0 Å². The van der Waals surface area contributed by atoms with Gasteiger partial charge in [-0.05, 0) is 48.4 Å². The quantitative estimate of drug-likeness (QED) is 0.787. The summed E-state index contributed by atoms with van der Waals surface area (Å²) in [6, 6.07) is 14.2. The van der Waals surface area contributed by atoms with Crippen molar-refractivity contribution in [2.45, 2.75) is 31.3 Å². The summed E-state index contributed by atoms with van der Waals surface area (Å²) in [6.45, 7) is 2.26. The Morgan fingerprint density at radius 2 is 1.72 bits per heavy atom. The fourth-order valence-corrected chi connectivity index (χ4v) is 3.48. The molecule has 148 valence electrons. The third-order valence-electron chi connectivity index (χ3n) is 4.98. The van der Waals surface area contributed by atoms with Crippen LogP contribution >= 0.6 is 0 Å². The Morgan fingerprint density at radius 1 is 1.14 bits per heavy atom. The third-order valence-corrected chi connectivity index (χ3v) is 4.98. The van der Waals surface area contributed by atoms with E-state index in [4.69, 9.17) is 0 Å². The van der Waals surface area contributed by atoms with Crippen molar-refractivity contribution in [1.29, 1.82) is 5.26 Å². The largest absolute Gasteiger partial charge is 0.394 e. The molecule has 0 saturated carbocycles. The van der Waals surface area contributed by atoms with E-state index in [0.717, 1.165) is 17.5 Å². The second kappa shape index (κ2) is 9.23. The number of halogens is 1. The summed E-state index contributed by atoms with van der Waals surface area (Å²) < 4.78 is 13.0. The van der Waals surface area contributed by atoms with Gasteiger partial charge in [0.1, 0.15) is 11.9 Å². The molecule has 2 N–H and O–H groups in total. The van der Waals surface area contributed by atoms with Gasteiger partial charge in [0.05, 0.1) is 18.7 Å². The highest BCUT2D eigenvalue weighted by Crippen LogP contribution is 2.40. The number of carbonyl (C=O) groups excluding carboxylic acids is 1. The number of nitrogens with one attached hydrogen (secondary N) is 1. The molecule has 1 heterocycles. The van der Waals surface area contributed by atoms with Gasteiger partial charge < -0.3 is 15.3 Å². The molecule has 2 amide bonds. The molecule has 3 rings (SSSR count). The number of hydrogen-bond acceptors (Lipinski definition) is 3. The van der Waals surface area contributed by atoms with Crippen molar-refractivity contribution >= 4 is 6.03 Å². The first-order valence-corrected chi connectivity index (χ1v) is 9.53. The molecule has 29 heavy (non-hydrogen) atoms. The lowest BCUT2D eigenvalue weighted by Gasteiger charge is -2.51. The number of nitriles is 1. The fourth-order valence-electron chi connectivity index (χ4n) is 3.48. The minimum atomic E-state index is -0.625. The van der Waals surface area contributed by atoms with Crippen LogP contribution in [0.25, 0.3) is 0 Å². The van der Waals surface area contributed by atoms with Gasteiger partial charge in [-0.25, -0.2) is 9.18 Å². The summed E-state index contributed by atoms with van der Waals surface area (Å²) in [5.74, 6) is 5.44. The third kappa shape index (κ3) is 4.39. The number of aliphatic hydroxyl groups excluding tert-OH is 1. The average molecular weight is 391 g/mol. The Hall–Kier alpha value is -3.35. The highest BCUT2D eigenvalue weighted by Gasteiger charge is 2.51. The Bertz CT molecular complexity index is 955. The zero-order valence-corrected chi connectivity index (χ0v) is 16.1. The standard InChI is InChI=1S/C23H22FN3O2/c1-2-13-26-23(29)27-20(14-25)22(21(27)15-28)18-9-5-16(6-10-18)3-4-17-7-11-19(24)12-8-17/h5-12,20-22,28H,2,13,15H2,1H3,(H,26,29)/t20-,21-,22-/m0/s1. The van der Waals surface area contributed by atoms with Gasteiger partial charge in [0.15, 0.2) is 0 Å². The number of hydrogen-bond donors (Lipinski definition) is 2. The minimum absolute atomic E-state index is 0.214. The molecule has 0 aromatic heterocycles. The summed E-state index contributed by atoms with van der Waals surface area (Å²) in [5.41, 5.74) is 2.37. The number of likely N-dealkylation sites (tertiary alicyclic amines) is 1. The highest BCUT2D eigenvalue weighted by molar-refractivity contribution is 5.77. The predicted molar refractivity (Wildman–Crippen MR) is 107 cm³/mol. The van der Waals surface area contributed by atoms with Crippen LogP contribution in [0.4, 0.5) is 9.18 Å². The number of nitrogens with zero attached hydrogens (tertiary/aromatic N) is 2. The molecule has 1 aliphatic rings. The second-order valence-electron chi connectivity index (χ2n) is 6.87. The van der Waals surface area contributed by atoms with E-state index in [2.05, 4.69) is 23.2 Å². The smallest absolute Gasteiger partial charge is 0.318 e.